The summed E-state index contributed by atoms with van der Waals surface area (Å²) in [6.45, 7) is 21.7. The largest absolute Gasteiger partial charge is 0.416 e. The minimum Gasteiger partial charge on any atom is -0.416 e. The minimum absolute atomic E-state index is 0.198. The van der Waals surface area contributed by atoms with Crippen molar-refractivity contribution in [2.24, 2.45) is 16.7 Å². The van der Waals surface area contributed by atoms with Crippen LogP contribution in [-0.4, -0.2) is 20.7 Å². The van der Waals surface area contributed by atoms with Gasteiger partial charge >= 0.3 is 0 Å². The minimum atomic E-state index is -1.87. The quantitative estimate of drug-likeness (QED) is 0.335. The molecule has 0 aromatic carbocycles. The lowest BCUT2D eigenvalue weighted by molar-refractivity contribution is -0.142. The summed E-state index contributed by atoms with van der Waals surface area (Å²) < 4.78 is 6.84. The van der Waals surface area contributed by atoms with Gasteiger partial charge in [-0.25, -0.2) is 0 Å². The van der Waals surface area contributed by atoms with Gasteiger partial charge in [-0.3, -0.25) is 4.79 Å². The molecule has 2 aliphatic rings. The van der Waals surface area contributed by atoms with Crippen LogP contribution in [0.2, 0.25) is 16.6 Å². The van der Waals surface area contributed by atoms with E-state index >= 15 is 0 Å². The smallest absolute Gasteiger partial charge is 0.200 e. The molecular formula is C24H44O2Si. The summed E-state index contributed by atoms with van der Waals surface area (Å²) in [4.78, 5) is 13.1. The number of rotatable bonds is 7. The van der Waals surface area contributed by atoms with Crippen LogP contribution in [0.15, 0.2) is 11.6 Å². The molecule has 0 unspecified atom stereocenters. The van der Waals surface area contributed by atoms with Gasteiger partial charge in [-0.1, -0.05) is 67.0 Å². The Balaban J connectivity index is 2.22. The average Bonchev–Trinajstić information content (AvgIpc) is 2.56. The summed E-state index contributed by atoms with van der Waals surface area (Å²) in [5.41, 5.74) is 3.26. The molecule has 0 radical (unpaired) electrons. The molecule has 0 aliphatic heterocycles. The van der Waals surface area contributed by atoms with E-state index in [0.29, 0.717) is 28.3 Å². The van der Waals surface area contributed by atoms with Crippen molar-refractivity contribution in [3.8, 4) is 0 Å². The molecule has 0 heterocycles. The molecule has 3 heteroatoms. The first-order valence-electron chi connectivity index (χ1n) is 11.3. The zero-order chi connectivity index (χ0) is 20.6. The number of fused-ring (bicyclic) bond motifs is 1. The number of Topliss-reactive ketones (excluding diaryl/α,β-unsaturated/α-hetero) is 1. The third-order valence-corrected chi connectivity index (χ3v) is 14.7. The predicted molar refractivity (Wildman–Crippen MR) is 119 cm³/mol. The van der Waals surface area contributed by atoms with Gasteiger partial charge in [-0.05, 0) is 60.6 Å². The SMILES string of the molecule is CC1=CCC[C@H]2[C@](C)(CCO[Si](C(C)C)(C(C)C)C(C)C)C(=O)CC[C@]12C. The predicted octanol–water partition coefficient (Wildman–Crippen LogP) is 7.30. The summed E-state index contributed by atoms with van der Waals surface area (Å²) in [6, 6.07) is 0. The lowest BCUT2D eigenvalue weighted by atomic mass is 9.49. The van der Waals surface area contributed by atoms with Gasteiger partial charge in [-0.15, -0.1) is 0 Å². The average molecular weight is 393 g/mol. The molecule has 0 spiro atoms. The highest BCUT2D eigenvalue weighted by molar-refractivity contribution is 6.77. The summed E-state index contributed by atoms with van der Waals surface area (Å²) in [5.74, 6) is 0.947. The molecule has 2 nitrogen and oxygen atoms in total. The Morgan fingerprint density at radius 1 is 1.11 bits per heavy atom. The highest BCUT2D eigenvalue weighted by atomic mass is 28.4. The fourth-order valence-electron chi connectivity index (χ4n) is 6.79. The van der Waals surface area contributed by atoms with Crippen LogP contribution in [0.5, 0.6) is 0 Å². The Bertz CT molecular complexity index is 555. The maximum atomic E-state index is 13.1. The van der Waals surface area contributed by atoms with E-state index in [4.69, 9.17) is 4.43 Å². The van der Waals surface area contributed by atoms with Crippen LogP contribution in [0.3, 0.4) is 0 Å². The molecule has 0 aromatic rings. The van der Waals surface area contributed by atoms with Gasteiger partial charge in [0.25, 0.3) is 0 Å². The summed E-state index contributed by atoms with van der Waals surface area (Å²) in [7, 11) is -1.87. The van der Waals surface area contributed by atoms with Crippen LogP contribution in [-0.2, 0) is 9.22 Å². The third-order valence-electron chi connectivity index (χ3n) is 8.53. The van der Waals surface area contributed by atoms with E-state index in [-0.39, 0.29) is 10.8 Å². The number of carbonyl (C=O) groups is 1. The van der Waals surface area contributed by atoms with Crippen LogP contribution in [0, 0.1) is 16.7 Å². The van der Waals surface area contributed by atoms with Crippen LogP contribution >= 0.6 is 0 Å². The van der Waals surface area contributed by atoms with E-state index in [9.17, 15) is 4.79 Å². The molecule has 2 rings (SSSR count). The van der Waals surface area contributed by atoms with E-state index in [1.54, 1.807) is 0 Å². The second-order valence-corrected chi connectivity index (χ2v) is 16.2. The number of hydrogen-bond donors (Lipinski definition) is 0. The van der Waals surface area contributed by atoms with Gasteiger partial charge in [0.05, 0.1) is 0 Å². The van der Waals surface area contributed by atoms with Gasteiger partial charge in [0.15, 0.2) is 8.32 Å². The Morgan fingerprint density at radius 3 is 2.19 bits per heavy atom. The van der Waals surface area contributed by atoms with Crippen molar-refractivity contribution < 1.29 is 9.22 Å². The normalized spacial score (nSPS) is 32.2. The topological polar surface area (TPSA) is 26.3 Å². The van der Waals surface area contributed by atoms with Crippen LogP contribution in [0.25, 0.3) is 0 Å². The molecule has 0 amide bonds. The highest BCUT2D eigenvalue weighted by Crippen LogP contribution is 2.58. The fourth-order valence-corrected chi connectivity index (χ4v) is 12.2. The van der Waals surface area contributed by atoms with Crippen molar-refractivity contribution in [1.29, 1.82) is 0 Å². The van der Waals surface area contributed by atoms with Crippen LogP contribution in [0.1, 0.15) is 94.4 Å². The number of hydrogen-bond acceptors (Lipinski definition) is 2. The monoisotopic (exact) mass is 392 g/mol. The number of allylic oxidation sites excluding steroid dienone is 2. The lowest BCUT2D eigenvalue weighted by Crippen LogP contribution is -2.52. The summed E-state index contributed by atoms with van der Waals surface area (Å²) in [6.07, 6.45) is 7.33. The van der Waals surface area contributed by atoms with Gasteiger partial charge in [0.1, 0.15) is 5.78 Å². The summed E-state index contributed by atoms with van der Waals surface area (Å²) >= 11 is 0. The van der Waals surface area contributed by atoms with Gasteiger partial charge in [0, 0.05) is 18.4 Å². The van der Waals surface area contributed by atoms with Gasteiger partial charge in [-0.2, -0.15) is 0 Å². The molecule has 3 atom stereocenters. The second kappa shape index (κ2) is 8.14. The van der Waals surface area contributed by atoms with Crippen molar-refractivity contribution in [1.82, 2.24) is 0 Å². The first-order chi connectivity index (χ1) is 12.4. The standard InChI is InChI=1S/C24H44O2Si/c1-17(2)27(18(3)4,19(5)6)26-16-15-24(9)21-12-10-11-20(7)23(21,8)14-13-22(24)25/h11,17-19,21H,10,12-16H2,1-9H3/t21-,23-,24+/m1/s1. The van der Waals surface area contributed by atoms with Crippen molar-refractivity contribution in [2.45, 2.75) is 111 Å². The molecule has 1 fully saturated rings. The van der Waals surface area contributed by atoms with Crippen LogP contribution < -0.4 is 0 Å². The molecule has 0 N–H and O–H groups in total. The van der Waals surface area contributed by atoms with E-state index in [1.165, 1.54) is 5.57 Å². The van der Waals surface area contributed by atoms with E-state index in [0.717, 1.165) is 38.7 Å². The van der Waals surface area contributed by atoms with E-state index in [2.05, 4.69) is 68.4 Å². The van der Waals surface area contributed by atoms with E-state index in [1.807, 2.05) is 0 Å². The maximum Gasteiger partial charge on any atom is 0.200 e. The van der Waals surface area contributed by atoms with Crippen LogP contribution in [0.4, 0.5) is 0 Å². The van der Waals surface area contributed by atoms with E-state index < -0.39 is 8.32 Å². The molecule has 156 valence electrons. The zero-order valence-corrected chi connectivity index (χ0v) is 20.4. The summed E-state index contributed by atoms with van der Waals surface area (Å²) in [5, 5.41) is 0. The Morgan fingerprint density at radius 2 is 1.67 bits per heavy atom. The molecule has 0 saturated heterocycles. The first-order valence-corrected chi connectivity index (χ1v) is 13.4. The highest BCUT2D eigenvalue weighted by Gasteiger charge is 2.54. The first kappa shape index (κ1) is 22.9. The Hall–Kier alpha value is -0.413. The molecule has 27 heavy (non-hydrogen) atoms. The van der Waals surface area contributed by atoms with Crippen molar-refractivity contribution >= 4 is 14.1 Å². The second-order valence-electron chi connectivity index (χ2n) is 10.7. The fraction of sp³-hybridized carbons (Fsp3) is 0.875. The van der Waals surface area contributed by atoms with Crippen molar-refractivity contribution in [2.75, 3.05) is 6.61 Å². The van der Waals surface area contributed by atoms with Gasteiger partial charge < -0.3 is 4.43 Å². The molecular weight excluding hydrogens is 348 g/mol. The molecule has 2 aliphatic carbocycles. The number of carbonyl (C=O) groups excluding carboxylic acids is 1. The zero-order valence-electron chi connectivity index (χ0n) is 19.4. The Kier molecular flexibility index (Phi) is 6.90. The molecule has 0 aromatic heterocycles. The maximum absolute atomic E-state index is 13.1. The van der Waals surface area contributed by atoms with Crippen molar-refractivity contribution in [3.05, 3.63) is 11.6 Å². The third kappa shape index (κ3) is 3.75. The Labute approximate surface area is 169 Å². The van der Waals surface area contributed by atoms with Gasteiger partial charge in [0.2, 0.25) is 0 Å². The van der Waals surface area contributed by atoms with Crippen molar-refractivity contribution in [3.63, 3.8) is 0 Å². The molecule has 0 bridgehead atoms. The lowest BCUT2D eigenvalue weighted by Gasteiger charge is -2.54. The molecule has 1 saturated carbocycles. The number of ketones is 1.